The monoisotopic (exact) mass is 276 g/mol. The lowest BCUT2D eigenvalue weighted by Crippen LogP contribution is -2.22. The summed E-state index contributed by atoms with van der Waals surface area (Å²) in [4.78, 5) is 4.29. The molecule has 0 spiro atoms. The van der Waals surface area contributed by atoms with Gasteiger partial charge in [-0.1, -0.05) is 13.0 Å². The zero-order chi connectivity index (χ0) is 14.5. The highest BCUT2D eigenvalue weighted by atomic mass is 19.1. The molecular weight excluding hydrogens is 258 g/mol. The zero-order valence-electron chi connectivity index (χ0n) is 11.7. The first kappa shape index (κ1) is 14.6. The molecule has 1 aromatic carbocycles. The Kier molecular flexibility index (Phi) is 4.79. The standard InChI is InChI=1S/C16H18F2N2/c1-3-15(13-9-12(17)6-7-14(13)18)20-10-16-11(2)5-4-8-19-16/h4-9,15,20H,3,10H2,1-2H3/t15-/m1/s1. The lowest BCUT2D eigenvalue weighted by molar-refractivity contribution is 0.478. The summed E-state index contributed by atoms with van der Waals surface area (Å²) in [6, 6.07) is 7.18. The molecule has 2 rings (SSSR count). The fourth-order valence-corrected chi connectivity index (χ4v) is 2.18. The molecule has 4 heteroatoms. The maximum atomic E-state index is 13.8. The van der Waals surface area contributed by atoms with Crippen LogP contribution in [0.1, 0.15) is 36.2 Å². The molecule has 1 N–H and O–H groups in total. The highest BCUT2D eigenvalue weighted by Crippen LogP contribution is 2.21. The minimum atomic E-state index is -0.421. The molecule has 0 amide bonds. The number of hydrogen-bond donors (Lipinski definition) is 1. The summed E-state index contributed by atoms with van der Waals surface area (Å²) in [7, 11) is 0. The van der Waals surface area contributed by atoms with Crippen LogP contribution in [0.15, 0.2) is 36.5 Å². The highest BCUT2D eigenvalue weighted by molar-refractivity contribution is 5.23. The molecule has 0 unspecified atom stereocenters. The number of benzene rings is 1. The van der Waals surface area contributed by atoms with E-state index in [9.17, 15) is 8.78 Å². The van der Waals surface area contributed by atoms with Gasteiger partial charge in [0.2, 0.25) is 0 Å². The van der Waals surface area contributed by atoms with Crippen molar-refractivity contribution in [3.8, 4) is 0 Å². The molecule has 20 heavy (non-hydrogen) atoms. The summed E-state index contributed by atoms with van der Waals surface area (Å²) in [5.41, 5.74) is 2.36. The maximum absolute atomic E-state index is 13.8. The summed E-state index contributed by atoms with van der Waals surface area (Å²) in [5, 5.41) is 3.24. The molecule has 0 aliphatic rings. The van der Waals surface area contributed by atoms with Crippen molar-refractivity contribution in [1.29, 1.82) is 0 Å². The Hall–Kier alpha value is -1.81. The SMILES string of the molecule is CC[C@@H](NCc1ncccc1C)c1cc(F)ccc1F. The summed E-state index contributed by atoms with van der Waals surface area (Å²) >= 11 is 0. The second-order valence-electron chi connectivity index (χ2n) is 4.77. The number of pyridine rings is 1. The van der Waals surface area contributed by atoms with Crippen LogP contribution in [0, 0.1) is 18.6 Å². The zero-order valence-corrected chi connectivity index (χ0v) is 11.7. The Morgan fingerprint density at radius 2 is 2.05 bits per heavy atom. The summed E-state index contributed by atoms with van der Waals surface area (Å²) in [5.74, 6) is -0.806. The number of rotatable bonds is 5. The molecular formula is C16H18F2N2. The van der Waals surface area contributed by atoms with Gasteiger partial charge in [0.1, 0.15) is 11.6 Å². The van der Waals surface area contributed by atoms with Gasteiger partial charge < -0.3 is 5.32 Å². The first-order valence-electron chi connectivity index (χ1n) is 6.70. The topological polar surface area (TPSA) is 24.9 Å². The van der Waals surface area contributed by atoms with E-state index in [0.29, 0.717) is 18.5 Å². The third-order valence-corrected chi connectivity index (χ3v) is 3.38. The van der Waals surface area contributed by atoms with Crippen molar-refractivity contribution in [3.63, 3.8) is 0 Å². The molecule has 0 fully saturated rings. The van der Waals surface area contributed by atoms with Crippen LogP contribution >= 0.6 is 0 Å². The number of nitrogens with one attached hydrogen (secondary N) is 1. The summed E-state index contributed by atoms with van der Waals surface area (Å²) in [6.07, 6.45) is 2.40. The summed E-state index contributed by atoms with van der Waals surface area (Å²) < 4.78 is 27.1. The van der Waals surface area contributed by atoms with E-state index >= 15 is 0 Å². The molecule has 0 saturated carbocycles. The van der Waals surface area contributed by atoms with E-state index in [1.54, 1.807) is 6.20 Å². The Morgan fingerprint density at radius 1 is 1.25 bits per heavy atom. The van der Waals surface area contributed by atoms with Crippen LogP contribution in [0.5, 0.6) is 0 Å². The third-order valence-electron chi connectivity index (χ3n) is 3.38. The second-order valence-corrected chi connectivity index (χ2v) is 4.77. The number of aryl methyl sites for hydroxylation is 1. The van der Waals surface area contributed by atoms with E-state index in [0.717, 1.165) is 17.3 Å². The minimum absolute atomic E-state index is 0.230. The van der Waals surface area contributed by atoms with Crippen LogP contribution in [-0.2, 0) is 6.54 Å². The number of halogens is 2. The van der Waals surface area contributed by atoms with Gasteiger partial charge in [-0.05, 0) is 43.2 Å². The maximum Gasteiger partial charge on any atom is 0.128 e. The smallest absolute Gasteiger partial charge is 0.128 e. The quantitative estimate of drug-likeness (QED) is 0.895. The lowest BCUT2D eigenvalue weighted by Gasteiger charge is -2.18. The van der Waals surface area contributed by atoms with Gasteiger partial charge in [0.05, 0.1) is 5.69 Å². The third kappa shape index (κ3) is 3.39. The van der Waals surface area contributed by atoms with Crippen LogP contribution in [0.4, 0.5) is 8.78 Å². The molecule has 2 aromatic rings. The Morgan fingerprint density at radius 3 is 2.75 bits per heavy atom. The van der Waals surface area contributed by atoms with Gasteiger partial charge in [0.15, 0.2) is 0 Å². The lowest BCUT2D eigenvalue weighted by atomic mass is 10.0. The second kappa shape index (κ2) is 6.57. The molecule has 106 valence electrons. The molecule has 0 aliphatic heterocycles. The van der Waals surface area contributed by atoms with Gasteiger partial charge in [0, 0.05) is 24.3 Å². The van der Waals surface area contributed by atoms with Crippen molar-refractivity contribution in [3.05, 3.63) is 65.0 Å². The van der Waals surface area contributed by atoms with E-state index in [-0.39, 0.29) is 11.9 Å². The molecule has 2 nitrogen and oxygen atoms in total. The molecule has 1 atom stereocenters. The van der Waals surface area contributed by atoms with Gasteiger partial charge in [-0.25, -0.2) is 8.78 Å². The van der Waals surface area contributed by atoms with Gasteiger partial charge in [0.25, 0.3) is 0 Å². The van der Waals surface area contributed by atoms with Crippen LogP contribution in [0.3, 0.4) is 0 Å². The normalized spacial score (nSPS) is 12.4. The van der Waals surface area contributed by atoms with E-state index in [1.165, 1.54) is 12.1 Å². The summed E-state index contributed by atoms with van der Waals surface area (Å²) in [6.45, 7) is 4.45. The largest absolute Gasteiger partial charge is 0.304 e. The van der Waals surface area contributed by atoms with E-state index in [2.05, 4.69) is 10.3 Å². The van der Waals surface area contributed by atoms with Crippen LogP contribution in [0.2, 0.25) is 0 Å². The first-order valence-corrected chi connectivity index (χ1v) is 6.70. The van der Waals surface area contributed by atoms with Crippen LogP contribution < -0.4 is 5.32 Å². The minimum Gasteiger partial charge on any atom is -0.304 e. The molecule has 0 saturated heterocycles. The predicted molar refractivity (Wildman–Crippen MR) is 75.2 cm³/mol. The predicted octanol–water partition coefficient (Wildman–Crippen LogP) is 3.91. The van der Waals surface area contributed by atoms with Crippen molar-refractivity contribution in [2.45, 2.75) is 32.9 Å². The molecule has 0 radical (unpaired) electrons. The fraction of sp³-hybridized carbons (Fsp3) is 0.312. The van der Waals surface area contributed by atoms with Crippen LogP contribution in [-0.4, -0.2) is 4.98 Å². The van der Waals surface area contributed by atoms with Gasteiger partial charge >= 0.3 is 0 Å². The molecule has 0 bridgehead atoms. The average Bonchev–Trinajstić information content (AvgIpc) is 2.45. The molecule has 1 heterocycles. The fourth-order valence-electron chi connectivity index (χ4n) is 2.18. The van der Waals surface area contributed by atoms with Crippen molar-refractivity contribution in [2.24, 2.45) is 0 Å². The average molecular weight is 276 g/mol. The van der Waals surface area contributed by atoms with Gasteiger partial charge in [-0.3, -0.25) is 4.98 Å². The van der Waals surface area contributed by atoms with Crippen molar-refractivity contribution in [1.82, 2.24) is 10.3 Å². The van der Waals surface area contributed by atoms with Gasteiger partial charge in [-0.2, -0.15) is 0 Å². The Labute approximate surface area is 117 Å². The highest BCUT2D eigenvalue weighted by Gasteiger charge is 2.15. The van der Waals surface area contributed by atoms with Crippen LogP contribution in [0.25, 0.3) is 0 Å². The van der Waals surface area contributed by atoms with Crippen molar-refractivity contribution < 1.29 is 8.78 Å². The molecule has 0 aliphatic carbocycles. The van der Waals surface area contributed by atoms with E-state index in [4.69, 9.17) is 0 Å². The number of hydrogen-bond acceptors (Lipinski definition) is 2. The number of nitrogens with zero attached hydrogens (tertiary/aromatic N) is 1. The Bertz CT molecular complexity index is 584. The number of aromatic nitrogens is 1. The Balaban J connectivity index is 2.13. The van der Waals surface area contributed by atoms with Crippen molar-refractivity contribution >= 4 is 0 Å². The van der Waals surface area contributed by atoms with E-state index < -0.39 is 5.82 Å². The first-order chi connectivity index (χ1) is 9.61. The van der Waals surface area contributed by atoms with E-state index in [1.807, 2.05) is 26.0 Å². The molecule has 1 aromatic heterocycles. The van der Waals surface area contributed by atoms with Gasteiger partial charge in [-0.15, -0.1) is 0 Å². The van der Waals surface area contributed by atoms with Crippen molar-refractivity contribution in [2.75, 3.05) is 0 Å².